The predicted octanol–water partition coefficient (Wildman–Crippen LogP) is 3.00. The lowest BCUT2D eigenvalue weighted by molar-refractivity contribution is 0.251. The number of anilines is 2. The van der Waals surface area contributed by atoms with E-state index in [2.05, 4.69) is 32.7 Å². The first-order chi connectivity index (χ1) is 10.8. The van der Waals surface area contributed by atoms with Crippen LogP contribution in [0.1, 0.15) is 18.5 Å². The summed E-state index contributed by atoms with van der Waals surface area (Å²) in [7, 11) is 0. The molecule has 0 atom stereocenters. The van der Waals surface area contributed by atoms with Crippen molar-refractivity contribution < 1.29 is 4.79 Å². The smallest absolute Gasteiger partial charge is 0.319 e. The van der Waals surface area contributed by atoms with E-state index in [1.54, 1.807) is 6.20 Å². The molecule has 1 aromatic carbocycles. The van der Waals surface area contributed by atoms with Crippen molar-refractivity contribution >= 4 is 17.4 Å². The van der Waals surface area contributed by atoms with Gasteiger partial charge >= 0.3 is 6.03 Å². The minimum atomic E-state index is -0.223. The average molecular weight is 296 g/mol. The van der Waals surface area contributed by atoms with Gasteiger partial charge in [-0.1, -0.05) is 6.07 Å². The number of hydrogen-bond acceptors (Lipinski definition) is 3. The Hall–Kier alpha value is -2.56. The second kappa shape index (κ2) is 6.93. The minimum absolute atomic E-state index is 0.223. The summed E-state index contributed by atoms with van der Waals surface area (Å²) >= 11 is 0. The summed E-state index contributed by atoms with van der Waals surface area (Å²) in [5, 5.41) is 5.63. The first-order valence-electron chi connectivity index (χ1n) is 7.61. The van der Waals surface area contributed by atoms with Gasteiger partial charge in [0.05, 0.1) is 12.2 Å². The number of amides is 2. The summed E-state index contributed by atoms with van der Waals surface area (Å²) in [6, 6.07) is 13.4. The van der Waals surface area contributed by atoms with E-state index in [9.17, 15) is 4.79 Å². The van der Waals surface area contributed by atoms with Crippen LogP contribution in [0.3, 0.4) is 0 Å². The molecule has 5 heteroatoms. The SMILES string of the molecule is O=C(NCc1ccccn1)Nc1ccc(N2CCCC2)cc1. The summed E-state index contributed by atoms with van der Waals surface area (Å²) in [4.78, 5) is 18.4. The largest absolute Gasteiger partial charge is 0.372 e. The second-order valence-corrected chi connectivity index (χ2v) is 5.37. The molecule has 1 aliphatic heterocycles. The van der Waals surface area contributed by atoms with Gasteiger partial charge in [0.2, 0.25) is 0 Å². The van der Waals surface area contributed by atoms with Gasteiger partial charge in [-0.2, -0.15) is 0 Å². The maximum absolute atomic E-state index is 11.9. The molecule has 1 fully saturated rings. The Kier molecular flexibility index (Phi) is 4.53. The van der Waals surface area contributed by atoms with E-state index in [0.717, 1.165) is 24.5 Å². The molecule has 1 aromatic heterocycles. The molecule has 1 saturated heterocycles. The molecule has 3 rings (SSSR count). The van der Waals surface area contributed by atoms with Crippen molar-refractivity contribution in [2.45, 2.75) is 19.4 Å². The average Bonchev–Trinajstić information content (AvgIpc) is 3.09. The van der Waals surface area contributed by atoms with Crippen molar-refractivity contribution in [2.24, 2.45) is 0 Å². The Morgan fingerprint density at radius 3 is 2.55 bits per heavy atom. The van der Waals surface area contributed by atoms with Crippen LogP contribution in [0.15, 0.2) is 48.7 Å². The van der Waals surface area contributed by atoms with Gasteiger partial charge in [-0.25, -0.2) is 4.79 Å². The van der Waals surface area contributed by atoms with Crippen LogP contribution in [0.4, 0.5) is 16.2 Å². The number of urea groups is 1. The van der Waals surface area contributed by atoms with Crippen LogP contribution in [0.2, 0.25) is 0 Å². The first kappa shape index (κ1) is 14.4. The normalized spacial score (nSPS) is 13.9. The van der Waals surface area contributed by atoms with E-state index in [1.807, 2.05) is 30.3 Å². The maximum atomic E-state index is 11.9. The molecule has 2 N–H and O–H groups in total. The van der Waals surface area contributed by atoms with Crippen LogP contribution in [0, 0.1) is 0 Å². The van der Waals surface area contributed by atoms with Gasteiger partial charge in [0, 0.05) is 30.7 Å². The molecular weight excluding hydrogens is 276 g/mol. The van der Waals surface area contributed by atoms with Crippen LogP contribution in [0.5, 0.6) is 0 Å². The third-order valence-electron chi connectivity index (χ3n) is 3.75. The van der Waals surface area contributed by atoms with Gasteiger partial charge in [-0.15, -0.1) is 0 Å². The second-order valence-electron chi connectivity index (χ2n) is 5.37. The number of aromatic nitrogens is 1. The molecular formula is C17H20N4O. The zero-order valence-corrected chi connectivity index (χ0v) is 12.5. The molecule has 22 heavy (non-hydrogen) atoms. The van der Waals surface area contributed by atoms with Crippen molar-refractivity contribution in [1.82, 2.24) is 10.3 Å². The Labute approximate surface area is 130 Å². The molecule has 5 nitrogen and oxygen atoms in total. The molecule has 2 amide bonds. The van der Waals surface area contributed by atoms with Gasteiger partial charge in [0.1, 0.15) is 0 Å². The third-order valence-corrected chi connectivity index (χ3v) is 3.75. The van der Waals surface area contributed by atoms with Gasteiger partial charge in [0.25, 0.3) is 0 Å². The summed E-state index contributed by atoms with van der Waals surface area (Å²) in [5.41, 5.74) is 2.85. The topological polar surface area (TPSA) is 57.3 Å². The van der Waals surface area contributed by atoms with Crippen molar-refractivity contribution in [3.63, 3.8) is 0 Å². The van der Waals surface area contributed by atoms with Gasteiger partial charge in [-0.3, -0.25) is 4.98 Å². The van der Waals surface area contributed by atoms with Crippen molar-refractivity contribution in [3.05, 3.63) is 54.4 Å². The highest BCUT2D eigenvalue weighted by Crippen LogP contribution is 2.21. The fourth-order valence-corrected chi connectivity index (χ4v) is 2.58. The van der Waals surface area contributed by atoms with Crippen molar-refractivity contribution in [1.29, 1.82) is 0 Å². The fourth-order valence-electron chi connectivity index (χ4n) is 2.58. The number of pyridine rings is 1. The van der Waals surface area contributed by atoms with E-state index < -0.39 is 0 Å². The monoisotopic (exact) mass is 296 g/mol. The Morgan fingerprint density at radius 2 is 1.86 bits per heavy atom. The summed E-state index contributed by atoms with van der Waals surface area (Å²) in [5.74, 6) is 0. The highest BCUT2D eigenvalue weighted by molar-refractivity contribution is 5.89. The van der Waals surface area contributed by atoms with E-state index in [4.69, 9.17) is 0 Å². The molecule has 1 aliphatic rings. The highest BCUT2D eigenvalue weighted by atomic mass is 16.2. The zero-order valence-electron chi connectivity index (χ0n) is 12.5. The molecule has 2 heterocycles. The van der Waals surface area contributed by atoms with Crippen molar-refractivity contribution in [2.75, 3.05) is 23.3 Å². The fraction of sp³-hybridized carbons (Fsp3) is 0.294. The lowest BCUT2D eigenvalue weighted by Gasteiger charge is -2.17. The van der Waals surface area contributed by atoms with E-state index >= 15 is 0 Å². The maximum Gasteiger partial charge on any atom is 0.319 e. The number of carbonyl (C=O) groups is 1. The number of carbonyl (C=O) groups excluding carboxylic acids is 1. The Morgan fingerprint density at radius 1 is 1.09 bits per heavy atom. The zero-order chi connectivity index (χ0) is 15.2. The van der Waals surface area contributed by atoms with E-state index in [-0.39, 0.29) is 6.03 Å². The number of hydrogen-bond donors (Lipinski definition) is 2. The minimum Gasteiger partial charge on any atom is -0.372 e. The summed E-state index contributed by atoms with van der Waals surface area (Å²) in [6.45, 7) is 2.66. The first-order valence-corrected chi connectivity index (χ1v) is 7.61. The van der Waals surface area contributed by atoms with Gasteiger partial charge in [0.15, 0.2) is 0 Å². The van der Waals surface area contributed by atoms with Crippen LogP contribution >= 0.6 is 0 Å². The van der Waals surface area contributed by atoms with Crippen LogP contribution < -0.4 is 15.5 Å². The lowest BCUT2D eigenvalue weighted by atomic mass is 10.2. The quantitative estimate of drug-likeness (QED) is 0.912. The van der Waals surface area contributed by atoms with Gasteiger partial charge < -0.3 is 15.5 Å². The molecule has 0 saturated carbocycles. The molecule has 0 bridgehead atoms. The summed E-state index contributed by atoms with van der Waals surface area (Å²) < 4.78 is 0. The standard InChI is InChI=1S/C17H20N4O/c22-17(19-13-15-5-1-2-10-18-15)20-14-6-8-16(9-7-14)21-11-3-4-12-21/h1-2,5-10H,3-4,11-13H2,(H2,19,20,22). The van der Waals surface area contributed by atoms with E-state index in [0.29, 0.717) is 6.54 Å². The number of nitrogens with zero attached hydrogens (tertiary/aromatic N) is 2. The molecule has 2 aromatic rings. The molecule has 0 aliphatic carbocycles. The molecule has 0 radical (unpaired) electrons. The predicted molar refractivity (Wildman–Crippen MR) is 88.0 cm³/mol. The summed E-state index contributed by atoms with van der Waals surface area (Å²) in [6.07, 6.45) is 4.23. The van der Waals surface area contributed by atoms with Crippen LogP contribution in [0.25, 0.3) is 0 Å². The number of benzene rings is 1. The van der Waals surface area contributed by atoms with Crippen LogP contribution in [-0.4, -0.2) is 24.1 Å². The number of nitrogens with one attached hydrogen (secondary N) is 2. The van der Waals surface area contributed by atoms with Crippen molar-refractivity contribution in [3.8, 4) is 0 Å². The lowest BCUT2D eigenvalue weighted by Crippen LogP contribution is -2.28. The van der Waals surface area contributed by atoms with Crippen LogP contribution in [-0.2, 0) is 6.54 Å². The Balaban J connectivity index is 1.50. The van der Waals surface area contributed by atoms with Gasteiger partial charge in [-0.05, 0) is 49.2 Å². The molecule has 114 valence electrons. The van der Waals surface area contributed by atoms with E-state index in [1.165, 1.54) is 18.5 Å². The highest BCUT2D eigenvalue weighted by Gasteiger charge is 2.12. The molecule has 0 spiro atoms. The number of rotatable bonds is 4. The molecule has 0 unspecified atom stereocenters. The Bertz CT molecular complexity index is 606. The third kappa shape index (κ3) is 3.75.